The molecule has 0 atom stereocenters. The number of ether oxygens (including phenoxy) is 1. The van der Waals surface area contributed by atoms with Gasteiger partial charge in [-0.2, -0.15) is 0 Å². The van der Waals surface area contributed by atoms with E-state index in [0.29, 0.717) is 5.75 Å². The van der Waals surface area contributed by atoms with Crippen LogP contribution in [0.5, 0.6) is 17.2 Å². The third-order valence-corrected chi connectivity index (χ3v) is 2.77. The highest BCUT2D eigenvalue weighted by Crippen LogP contribution is 2.28. The second kappa shape index (κ2) is 4.73. The molecule has 94 valence electrons. The summed E-state index contributed by atoms with van der Waals surface area (Å²) in [4.78, 5) is 0. The van der Waals surface area contributed by atoms with Crippen molar-refractivity contribution in [1.29, 1.82) is 0 Å². The van der Waals surface area contributed by atoms with Crippen LogP contribution in [0.2, 0.25) is 0 Å². The monoisotopic (exact) mass is 242 g/mol. The molecule has 0 saturated carbocycles. The van der Waals surface area contributed by atoms with Gasteiger partial charge in [-0.1, -0.05) is 39.0 Å². The summed E-state index contributed by atoms with van der Waals surface area (Å²) in [5, 5.41) is 9.36. The summed E-state index contributed by atoms with van der Waals surface area (Å²) >= 11 is 0. The molecule has 0 unspecified atom stereocenters. The van der Waals surface area contributed by atoms with E-state index in [1.807, 2.05) is 18.2 Å². The number of aromatic hydroxyl groups is 1. The first-order chi connectivity index (χ1) is 8.45. The summed E-state index contributed by atoms with van der Waals surface area (Å²) in [6.45, 7) is 6.54. The second-order valence-corrected chi connectivity index (χ2v) is 5.37. The molecule has 2 aromatic rings. The van der Waals surface area contributed by atoms with E-state index in [4.69, 9.17) is 4.74 Å². The van der Waals surface area contributed by atoms with E-state index >= 15 is 0 Å². The van der Waals surface area contributed by atoms with Crippen LogP contribution in [0.1, 0.15) is 26.3 Å². The van der Waals surface area contributed by atoms with Crippen molar-refractivity contribution in [2.24, 2.45) is 0 Å². The number of phenols is 1. The topological polar surface area (TPSA) is 29.5 Å². The minimum Gasteiger partial charge on any atom is -0.508 e. The van der Waals surface area contributed by atoms with Gasteiger partial charge < -0.3 is 9.84 Å². The van der Waals surface area contributed by atoms with Gasteiger partial charge in [-0.3, -0.25) is 0 Å². The van der Waals surface area contributed by atoms with Gasteiger partial charge in [-0.25, -0.2) is 0 Å². The Morgan fingerprint density at radius 3 is 2.11 bits per heavy atom. The third kappa shape index (κ3) is 3.04. The van der Waals surface area contributed by atoms with E-state index in [9.17, 15) is 5.11 Å². The summed E-state index contributed by atoms with van der Waals surface area (Å²) in [5.41, 5.74) is 1.41. The normalized spacial score (nSPS) is 11.3. The standard InChI is InChI=1S/C16H18O2/c1-16(2,3)12-7-9-14(10-8-12)18-15-6-4-5-13(17)11-15/h4-11,17H,1-3H3. The Balaban J connectivity index is 2.16. The Morgan fingerprint density at radius 1 is 0.889 bits per heavy atom. The molecule has 1 N–H and O–H groups in total. The van der Waals surface area contributed by atoms with Crippen LogP contribution >= 0.6 is 0 Å². The molecule has 0 radical (unpaired) electrons. The van der Waals surface area contributed by atoms with Crippen molar-refractivity contribution in [3.8, 4) is 17.2 Å². The zero-order chi connectivity index (χ0) is 13.2. The Kier molecular flexibility index (Phi) is 3.28. The van der Waals surface area contributed by atoms with Crippen LogP contribution < -0.4 is 4.74 Å². The summed E-state index contributed by atoms with van der Waals surface area (Å²) in [6.07, 6.45) is 0. The molecule has 0 fully saturated rings. The molecule has 0 bridgehead atoms. The van der Waals surface area contributed by atoms with E-state index in [1.54, 1.807) is 18.2 Å². The van der Waals surface area contributed by atoms with Crippen molar-refractivity contribution >= 4 is 0 Å². The highest BCUT2D eigenvalue weighted by molar-refractivity contribution is 5.37. The highest BCUT2D eigenvalue weighted by atomic mass is 16.5. The lowest BCUT2D eigenvalue weighted by molar-refractivity contribution is 0.455. The zero-order valence-corrected chi connectivity index (χ0v) is 11.0. The van der Waals surface area contributed by atoms with Crippen molar-refractivity contribution in [3.05, 3.63) is 54.1 Å². The smallest absolute Gasteiger partial charge is 0.131 e. The summed E-state index contributed by atoms with van der Waals surface area (Å²) in [7, 11) is 0. The Hall–Kier alpha value is -1.96. The number of hydrogen-bond donors (Lipinski definition) is 1. The fourth-order valence-electron chi connectivity index (χ4n) is 1.71. The van der Waals surface area contributed by atoms with Crippen molar-refractivity contribution in [2.45, 2.75) is 26.2 Å². The second-order valence-electron chi connectivity index (χ2n) is 5.37. The first-order valence-corrected chi connectivity index (χ1v) is 6.02. The lowest BCUT2D eigenvalue weighted by atomic mass is 9.87. The molecule has 2 aromatic carbocycles. The number of rotatable bonds is 2. The molecule has 0 saturated heterocycles. The summed E-state index contributed by atoms with van der Waals surface area (Å²) in [5.74, 6) is 1.62. The maximum atomic E-state index is 9.36. The van der Waals surface area contributed by atoms with Crippen LogP contribution in [0, 0.1) is 0 Å². The molecule has 0 aliphatic heterocycles. The van der Waals surface area contributed by atoms with Gasteiger partial charge in [0.1, 0.15) is 17.2 Å². The summed E-state index contributed by atoms with van der Waals surface area (Å²) in [6, 6.07) is 14.8. The molecule has 2 rings (SSSR count). The maximum absolute atomic E-state index is 9.36. The van der Waals surface area contributed by atoms with Crippen LogP contribution in [0.15, 0.2) is 48.5 Å². The lowest BCUT2D eigenvalue weighted by Crippen LogP contribution is -2.10. The minimum absolute atomic E-state index is 0.142. The van der Waals surface area contributed by atoms with Gasteiger partial charge in [0.25, 0.3) is 0 Å². The van der Waals surface area contributed by atoms with Gasteiger partial charge >= 0.3 is 0 Å². The van der Waals surface area contributed by atoms with Crippen LogP contribution in [0.4, 0.5) is 0 Å². The molecule has 0 amide bonds. The van der Waals surface area contributed by atoms with Gasteiger partial charge in [0.15, 0.2) is 0 Å². The molecule has 0 aliphatic rings. The van der Waals surface area contributed by atoms with Crippen LogP contribution in [-0.2, 0) is 5.41 Å². The predicted octanol–water partition coefficient (Wildman–Crippen LogP) is 4.48. The largest absolute Gasteiger partial charge is 0.508 e. The maximum Gasteiger partial charge on any atom is 0.131 e. The average molecular weight is 242 g/mol. The number of benzene rings is 2. The Bertz CT molecular complexity index is 522. The van der Waals surface area contributed by atoms with Crippen LogP contribution in [-0.4, -0.2) is 5.11 Å². The Morgan fingerprint density at radius 2 is 1.56 bits per heavy atom. The SMILES string of the molecule is CC(C)(C)c1ccc(Oc2cccc(O)c2)cc1. The third-order valence-electron chi connectivity index (χ3n) is 2.77. The van der Waals surface area contributed by atoms with E-state index in [-0.39, 0.29) is 11.2 Å². The molecular formula is C16H18O2. The van der Waals surface area contributed by atoms with E-state index in [1.165, 1.54) is 5.56 Å². The van der Waals surface area contributed by atoms with Crippen molar-refractivity contribution in [1.82, 2.24) is 0 Å². The van der Waals surface area contributed by atoms with Gasteiger partial charge in [-0.05, 0) is 35.2 Å². The predicted molar refractivity (Wildman–Crippen MR) is 73.3 cm³/mol. The van der Waals surface area contributed by atoms with Crippen molar-refractivity contribution in [3.63, 3.8) is 0 Å². The number of hydrogen-bond acceptors (Lipinski definition) is 2. The minimum atomic E-state index is 0.142. The van der Waals surface area contributed by atoms with Gasteiger partial charge in [0.05, 0.1) is 0 Å². The number of phenolic OH excluding ortho intramolecular Hbond substituents is 1. The van der Waals surface area contributed by atoms with Crippen LogP contribution in [0.25, 0.3) is 0 Å². The van der Waals surface area contributed by atoms with Gasteiger partial charge in [-0.15, -0.1) is 0 Å². The average Bonchev–Trinajstić information content (AvgIpc) is 2.28. The molecule has 0 aliphatic carbocycles. The lowest BCUT2D eigenvalue weighted by Gasteiger charge is -2.19. The van der Waals surface area contributed by atoms with Crippen LogP contribution in [0.3, 0.4) is 0 Å². The van der Waals surface area contributed by atoms with Crippen molar-refractivity contribution in [2.75, 3.05) is 0 Å². The van der Waals surface area contributed by atoms with E-state index in [0.717, 1.165) is 5.75 Å². The molecule has 0 aromatic heterocycles. The fourth-order valence-corrected chi connectivity index (χ4v) is 1.71. The van der Waals surface area contributed by atoms with E-state index in [2.05, 4.69) is 32.9 Å². The summed E-state index contributed by atoms with van der Waals surface area (Å²) < 4.78 is 5.67. The van der Waals surface area contributed by atoms with Gasteiger partial charge in [0, 0.05) is 6.07 Å². The highest BCUT2D eigenvalue weighted by Gasteiger charge is 2.13. The van der Waals surface area contributed by atoms with E-state index < -0.39 is 0 Å². The first kappa shape index (κ1) is 12.5. The molecule has 2 nitrogen and oxygen atoms in total. The molecule has 0 heterocycles. The zero-order valence-electron chi connectivity index (χ0n) is 11.0. The van der Waals surface area contributed by atoms with Gasteiger partial charge in [0.2, 0.25) is 0 Å². The first-order valence-electron chi connectivity index (χ1n) is 6.02. The Labute approximate surface area is 108 Å². The molecule has 0 spiro atoms. The molecule has 2 heteroatoms. The van der Waals surface area contributed by atoms with Crippen molar-refractivity contribution < 1.29 is 9.84 Å². The fraction of sp³-hybridized carbons (Fsp3) is 0.250. The molecular weight excluding hydrogens is 224 g/mol. The quantitative estimate of drug-likeness (QED) is 0.841. The molecule has 18 heavy (non-hydrogen) atoms.